The normalized spacial score (nSPS) is 13.4. The molecule has 0 saturated heterocycles. The number of rotatable bonds is 3. The lowest BCUT2D eigenvalue weighted by Crippen LogP contribution is -2.14. The SMILES string of the molecule is COC[C@H](N)c1cc(Br)co1. The molecule has 11 heavy (non-hydrogen) atoms. The Labute approximate surface area is 73.6 Å². The Balaban J connectivity index is 2.60. The van der Waals surface area contributed by atoms with Gasteiger partial charge in [-0.1, -0.05) is 0 Å². The molecule has 0 fully saturated rings. The van der Waals surface area contributed by atoms with Crippen molar-refractivity contribution in [1.82, 2.24) is 0 Å². The van der Waals surface area contributed by atoms with Crippen LogP contribution in [-0.2, 0) is 4.74 Å². The van der Waals surface area contributed by atoms with Crippen molar-refractivity contribution in [2.24, 2.45) is 5.73 Å². The lowest BCUT2D eigenvalue weighted by Gasteiger charge is -2.05. The molecule has 1 heterocycles. The van der Waals surface area contributed by atoms with E-state index < -0.39 is 0 Å². The second-order valence-corrected chi connectivity index (χ2v) is 3.14. The lowest BCUT2D eigenvalue weighted by molar-refractivity contribution is 0.172. The molecular weight excluding hydrogens is 210 g/mol. The van der Waals surface area contributed by atoms with Crippen molar-refractivity contribution in [2.75, 3.05) is 13.7 Å². The number of methoxy groups -OCH3 is 1. The molecule has 1 rings (SSSR count). The fraction of sp³-hybridized carbons (Fsp3) is 0.429. The summed E-state index contributed by atoms with van der Waals surface area (Å²) in [5, 5.41) is 0. The monoisotopic (exact) mass is 219 g/mol. The van der Waals surface area contributed by atoms with Crippen LogP contribution >= 0.6 is 15.9 Å². The quantitative estimate of drug-likeness (QED) is 0.842. The van der Waals surface area contributed by atoms with E-state index >= 15 is 0 Å². The van der Waals surface area contributed by atoms with Crippen LogP contribution in [0.3, 0.4) is 0 Å². The second kappa shape index (κ2) is 3.90. The summed E-state index contributed by atoms with van der Waals surface area (Å²) < 4.78 is 10.9. The van der Waals surface area contributed by atoms with Gasteiger partial charge in [-0.2, -0.15) is 0 Å². The van der Waals surface area contributed by atoms with E-state index in [0.29, 0.717) is 6.61 Å². The summed E-state index contributed by atoms with van der Waals surface area (Å²) in [7, 11) is 1.61. The molecule has 2 N–H and O–H groups in total. The van der Waals surface area contributed by atoms with Crippen LogP contribution in [0, 0.1) is 0 Å². The first-order chi connectivity index (χ1) is 5.24. The van der Waals surface area contributed by atoms with Crippen molar-refractivity contribution in [3.63, 3.8) is 0 Å². The van der Waals surface area contributed by atoms with Gasteiger partial charge in [-0.05, 0) is 22.0 Å². The smallest absolute Gasteiger partial charge is 0.124 e. The molecule has 0 saturated carbocycles. The van der Waals surface area contributed by atoms with Crippen molar-refractivity contribution in [3.8, 4) is 0 Å². The minimum atomic E-state index is -0.175. The average molecular weight is 220 g/mol. The molecule has 0 unspecified atom stereocenters. The zero-order valence-electron chi connectivity index (χ0n) is 6.21. The highest BCUT2D eigenvalue weighted by atomic mass is 79.9. The molecule has 0 amide bonds. The molecule has 0 spiro atoms. The summed E-state index contributed by atoms with van der Waals surface area (Å²) in [6, 6.07) is 1.66. The summed E-state index contributed by atoms with van der Waals surface area (Å²) in [6.45, 7) is 0.472. The van der Waals surface area contributed by atoms with Gasteiger partial charge >= 0.3 is 0 Å². The largest absolute Gasteiger partial charge is 0.466 e. The topological polar surface area (TPSA) is 48.4 Å². The minimum Gasteiger partial charge on any atom is -0.466 e. The maximum absolute atomic E-state index is 5.68. The van der Waals surface area contributed by atoms with Gasteiger partial charge in [0.1, 0.15) is 12.0 Å². The van der Waals surface area contributed by atoms with Crippen LogP contribution in [0.2, 0.25) is 0 Å². The van der Waals surface area contributed by atoms with Crippen LogP contribution < -0.4 is 5.73 Å². The Hall–Kier alpha value is -0.320. The third-order valence-electron chi connectivity index (χ3n) is 1.30. The fourth-order valence-electron chi connectivity index (χ4n) is 0.784. The molecule has 0 aliphatic rings. The van der Waals surface area contributed by atoms with E-state index in [1.165, 1.54) is 0 Å². The van der Waals surface area contributed by atoms with Crippen LogP contribution in [0.25, 0.3) is 0 Å². The van der Waals surface area contributed by atoms with Crippen LogP contribution in [0.5, 0.6) is 0 Å². The Morgan fingerprint density at radius 2 is 2.55 bits per heavy atom. The van der Waals surface area contributed by atoms with Gasteiger partial charge in [-0.15, -0.1) is 0 Å². The Kier molecular flexibility index (Phi) is 3.11. The molecule has 0 aliphatic carbocycles. The summed E-state index contributed by atoms with van der Waals surface area (Å²) in [5.74, 6) is 0.735. The summed E-state index contributed by atoms with van der Waals surface area (Å²) in [4.78, 5) is 0. The number of hydrogen-bond donors (Lipinski definition) is 1. The van der Waals surface area contributed by atoms with Gasteiger partial charge < -0.3 is 14.9 Å². The highest BCUT2D eigenvalue weighted by Gasteiger charge is 2.08. The van der Waals surface area contributed by atoms with E-state index in [9.17, 15) is 0 Å². The maximum Gasteiger partial charge on any atom is 0.124 e. The first-order valence-electron chi connectivity index (χ1n) is 3.22. The van der Waals surface area contributed by atoms with E-state index in [4.69, 9.17) is 14.9 Å². The summed E-state index contributed by atoms with van der Waals surface area (Å²) >= 11 is 3.26. The number of hydrogen-bond acceptors (Lipinski definition) is 3. The summed E-state index contributed by atoms with van der Waals surface area (Å²) in [5.41, 5.74) is 5.68. The maximum atomic E-state index is 5.68. The predicted molar refractivity (Wildman–Crippen MR) is 45.2 cm³/mol. The van der Waals surface area contributed by atoms with Crippen LogP contribution in [0.1, 0.15) is 11.8 Å². The second-order valence-electron chi connectivity index (χ2n) is 2.23. The molecule has 1 aromatic heterocycles. The Bertz CT molecular complexity index is 224. The van der Waals surface area contributed by atoms with Gasteiger partial charge in [0, 0.05) is 7.11 Å². The van der Waals surface area contributed by atoms with Gasteiger partial charge in [-0.25, -0.2) is 0 Å². The molecular formula is C7H10BrNO2. The molecule has 62 valence electrons. The van der Waals surface area contributed by atoms with Gasteiger partial charge in [0.2, 0.25) is 0 Å². The molecule has 0 aromatic carbocycles. The third-order valence-corrected chi connectivity index (χ3v) is 1.72. The molecule has 0 bridgehead atoms. The van der Waals surface area contributed by atoms with Crippen LogP contribution in [0.15, 0.2) is 21.2 Å². The highest BCUT2D eigenvalue weighted by Crippen LogP contribution is 2.18. The van der Waals surface area contributed by atoms with Crippen molar-refractivity contribution in [2.45, 2.75) is 6.04 Å². The summed E-state index contributed by atoms with van der Waals surface area (Å²) in [6.07, 6.45) is 1.60. The van der Waals surface area contributed by atoms with E-state index in [1.54, 1.807) is 13.4 Å². The van der Waals surface area contributed by atoms with E-state index in [0.717, 1.165) is 10.2 Å². The fourth-order valence-corrected chi connectivity index (χ4v) is 1.10. The van der Waals surface area contributed by atoms with Gasteiger partial charge in [0.15, 0.2) is 0 Å². The first-order valence-corrected chi connectivity index (χ1v) is 4.02. The Morgan fingerprint density at radius 1 is 1.82 bits per heavy atom. The zero-order valence-corrected chi connectivity index (χ0v) is 7.80. The number of nitrogens with two attached hydrogens (primary N) is 1. The van der Waals surface area contributed by atoms with Crippen molar-refractivity contribution in [1.29, 1.82) is 0 Å². The number of halogens is 1. The number of furan rings is 1. The highest BCUT2D eigenvalue weighted by molar-refractivity contribution is 9.10. The molecule has 1 aromatic rings. The first kappa shape index (κ1) is 8.77. The predicted octanol–water partition coefficient (Wildman–Crippen LogP) is 1.69. The zero-order chi connectivity index (χ0) is 8.27. The van der Waals surface area contributed by atoms with Gasteiger partial charge in [0.25, 0.3) is 0 Å². The molecule has 3 nitrogen and oxygen atoms in total. The van der Waals surface area contributed by atoms with Crippen LogP contribution in [-0.4, -0.2) is 13.7 Å². The van der Waals surface area contributed by atoms with Gasteiger partial charge in [0.05, 0.1) is 17.1 Å². The molecule has 0 radical (unpaired) electrons. The third kappa shape index (κ3) is 2.32. The average Bonchev–Trinajstić information content (AvgIpc) is 2.36. The molecule has 1 atom stereocenters. The van der Waals surface area contributed by atoms with E-state index in [1.807, 2.05) is 6.07 Å². The minimum absolute atomic E-state index is 0.175. The van der Waals surface area contributed by atoms with Crippen molar-refractivity contribution >= 4 is 15.9 Å². The van der Waals surface area contributed by atoms with Crippen molar-refractivity contribution in [3.05, 3.63) is 22.6 Å². The lowest BCUT2D eigenvalue weighted by atomic mass is 10.2. The Morgan fingerprint density at radius 3 is 3.00 bits per heavy atom. The standard InChI is InChI=1S/C7H10BrNO2/c1-10-4-6(9)7-2-5(8)3-11-7/h2-3,6H,4,9H2,1H3/t6-/m0/s1. The number of ether oxygens (including phenoxy) is 1. The van der Waals surface area contributed by atoms with Crippen LogP contribution in [0.4, 0.5) is 0 Å². The van der Waals surface area contributed by atoms with Crippen molar-refractivity contribution < 1.29 is 9.15 Å². The van der Waals surface area contributed by atoms with E-state index in [-0.39, 0.29) is 6.04 Å². The molecule has 0 aliphatic heterocycles. The van der Waals surface area contributed by atoms with E-state index in [2.05, 4.69) is 15.9 Å². The van der Waals surface area contributed by atoms with Gasteiger partial charge in [-0.3, -0.25) is 0 Å². The molecule has 4 heteroatoms.